The number of hydrogen-bond acceptors (Lipinski definition) is 14. The average molecular weight is 949 g/mol. The minimum Gasteiger partial charge on any atom is -0.487 e. The molecule has 0 spiro atoms. The lowest BCUT2D eigenvalue weighted by molar-refractivity contribution is -0.140. The number of nitrogens with one attached hydrogen (secondary N) is 4. The van der Waals surface area contributed by atoms with Crippen LogP contribution >= 0.6 is 11.3 Å². The van der Waals surface area contributed by atoms with Gasteiger partial charge in [-0.25, -0.2) is 14.2 Å². The molecular formula is C47H57FN6O12S. The number of halogens is 1. The Bertz CT molecular complexity index is 2330. The molecule has 4 aromatic rings. The van der Waals surface area contributed by atoms with Crippen LogP contribution in [0.4, 0.5) is 9.52 Å². The molecule has 0 radical (unpaired) electrons. The first kappa shape index (κ1) is 50.4. The van der Waals surface area contributed by atoms with Crippen molar-refractivity contribution in [3.8, 4) is 28.4 Å². The normalized spacial score (nSPS) is 16.2. The zero-order chi connectivity index (χ0) is 47.9. The van der Waals surface area contributed by atoms with E-state index in [4.69, 9.17) is 23.7 Å². The quantitative estimate of drug-likeness (QED) is 0.0569. The van der Waals surface area contributed by atoms with Gasteiger partial charge in [-0.1, -0.05) is 32.9 Å². The molecule has 6 rings (SSSR count). The molecule has 67 heavy (non-hydrogen) atoms. The van der Waals surface area contributed by atoms with Crippen molar-refractivity contribution in [1.29, 1.82) is 0 Å². The Hall–Kier alpha value is -6.03. The van der Waals surface area contributed by atoms with E-state index in [9.17, 15) is 34.2 Å². The number of thiazole rings is 1. The summed E-state index contributed by atoms with van der Waals surface area (Å²) in [5, 5.41) is 33.0. The second-order valence-electron chi connectivity index (χ2n) is 17.0. The first-order valence-electron chi connectivity index (χ1n) is 21.9. The Morgan fingerprint density at radius 2 is 1.67 bits per heavy atom. The van der Waals surface area contributed by atoms with Gasteiger partial charge >= 0.3 is 5.97 Å². The van der Waals surface area contributed by atoms with E-state index in [1.807, 2.05) is 26.8 Å². The number of carboxylic acids is 1. The van der Waals surface area contributed by atoms with Crippen LogP contribution in [0.3, 0.4) is 0 Å². The summed E-state index contributed by atoms with van der Waals surface area (Å²) in [6, 6.07) is 12.7. The molecule has 1 saturated heterocycles. The molecule has 3 atom stereocenters. The van der Waals surface area contributed by atoms with E-state index in [0.717, 1.165) is 11.1 Å². The second kappa shape index (κ2) is 24.1. The van der Waals surface area contributed by atoms with Crippen molar-refractivity contribution < 1.29 is 62.3 Å². The van der Waals surface area contributed by atoms with E-state index < -0.39 is 35.3 Å². The molecule has 4 amide bonds. The zero-order valence-corrected chi connectivity index (χ0v) is 38.5. The van der Waals surface area contributed by atoms with Crippen LogP contribution in [0.2, 0.25) is 0 Å². The number of ether oxygens (including phenoxy) is 5. The van der Waals surface area contributed by atoms with Crippen molar-refractivity contribution >= 4 is 46.1 Å². The van der Waals surface area contributed by atoms with Crippen LogP contribution in [0, 0.1) is 11.2 Å². The number of likely N-dealkylation sites (tertiary alicyclic amines) is 1. The van der Waals surface area contributed by atoms with Gasteiger partial charge in [-0.15, -0.1) is 11.3 Å². The number of carboxylic acid groups (broad SMARTS) is 1. The van der Waals surface area contributed by atoms with Gasteiger partial charge in [0.1, 0.15) is 37.4 Å². The molecule has 0 unspecified atom stereocenters. The molecule has 6 N–H and O–H groups in total. The third-order valence-corrected chi connectivity index (χ3v) is 11.5. The summed E-state index contributed by atoms with van der Waals surface area (Å²) in [5.41, 5.74) is 2.05. The molecule has 3 aromatic carbocycles. The lowest BCUT2D eigenvalue weighted by Gasteiger charge is -2.33. The van der Waals surface area contributed by atoms with E-state index in [2.05, 4.69) is 26.3 Å². The van der Waals surface area contributed by atoms with E-state index in [1.54, 1.807) is 34.7 Å². The molecule has 2 aliphatic heterocycles. The van der Waals surface area contributed by atoms with Gasteiger partial charge in [-0.3, -0.25) is 19.2 Å². The molecule has 360 valence electrons. The standard InChI is InChI=1S/C47H57FN6O12S/c1-47(2,3)43(44(59)54-15-11-32(55)26-54)52-42(58)28-64-18-17-63-27-41(57)50-13-16-62-19-20-65-38-22-31-10-12-49-37(25-40(56)53-46-51-14-21-67-46)35(31)24-39(38)66-33-8-9-34(36(48)23-33)29-4-6-30(7-5-29)45(60)61/h4-9,14,21-24,32,37,43,49,55H,10-13,15-20,25-28H2,1-3H3,(H,50,57)(H,52,58)(H,60,61)(H,51,53,56)/t32-,37-,43-/m1/s1. The molecular weight excluding hydrogens is 892 g/mol. The number of carbonyl (C=O) groups is 5. The van der Waals surface area contributed by atoms with Gasteiger partial charge < -0.3 is 60.1 Å². The highest BCUT2D eigenvalue weighted by atomic mass is 32.1. The Morgan fingerprint density at radius 3 is 2.34 bits per heavy atom. The van der Waals surface area contributed by atoms with Gasteiger partial charge in [0.25, 0.3) is 0 Å². The van der Waals surface area contributed by atoms with Gasteiger partial charge in [0.2, 0.25) is 23.6 Å². The highest BCUT2D eigenvalue weighted by molar-refractivity contribution is 7.13. The highest BCUT2D eigenvalue weighted by Gasteiger charge is 2.38. The minimum atomic E-state index is -1.08. The number of hydrogen-bond donors (Lipinski definition) is 6. The van der Waals surface area contributed by atoms with Crippen LogP contribution in [0.5, 0.6) is 17.2 Å². The van der Waals surface area contributed by atoms with Gasteiger partial charge in [0.15, 0.2) is 16.6 Å². The largest absolute Gasteiger partial charge is 0.487 e. The Labute approximate surface area is 391 Å². The van der Waals surface area contributed by atoms with Crippen LogP contribution in [-0.4, -0.2) is 134 Å². The molecule has 1 fully saturated rings. The Morgan fingerprint density at radius 1 is 0.925 bits per heavy atom. The topological polar surface area (TPSA) is 236 Å². The summed E-state index contributed by atoms with van der Waals surface area (Å²) < 4.78 is 44.4. The van der Waals surface area contributed by atoms with Crippen LogP contribution in [0.25, 0.3) is 11.1 Å². The number of amides is 4. The molecule has 18 nitrogen and oxygen atoms in total. The van der Waals surface area contributed by atoms with Crippen LogP contribution in [-0.2, 0) is 39.8 Å². The van der Waals surface area contributed by atoms with Crippen molar-refractivity contribution in [2.75, 3.05) is 77.7 Å². The number of rotatable bonds is 23. The first-order valence-corrected chi connectivity index (χ1v) is 22.8. The number of carbonyl (C=O) groups excluding carboxylic acids is 4. The molecule has 2 aliphatic rings. The maximum absolute atomic E-state index is 15.5. The molecule has 3 heterocycles. The van der Waals surface area contributed by atoms with E-state index >= 15 is 4.39 Å². The summed E-state index contributed by atoms with van der Waals surface area (Å²) >= 11 is 1.32. The van der Waals surface area contributed by atoms with E-state index in [-0.39, 0.29) is 112 Å². The molecule has 0 saturated carbocycles. The molecule has 20 heteroatoms. The number of aromatic nitrogens is 1. The van der Waals surface area contributed by atoms with Gasteiger partial charge in [-0.2, -0.15) is 0 Å². The zero-order valence-electron chi connectivity index (χ0n) is 37.6. The molecule has 0 bridgehead atoms. The third kappa shape index (κ3) is 15.0. The van der Waals surface area contributed by atoms with Gasteiger partial charge in [-0.05, 0) is 77.9 Å². The highest BCUT2D eigenvalue weighted by Crippen LogP contribution is 2.40. The predicted molar refractivity (Wildman–Crippen MR) is 245 cm³/mol. The van der Waals surface area contributed by atoms with Gasteiger partial charge in [0, 0.05) is 55.3 Å². The summed E-state index contributed by atoms with van der Waals surface area (Å²) in [4.78, 5) is 67.9. The number of fused-ring (bicyclic) bond motifs is 1. The summed E-state index contributed by atoms with van der Waals surface area (Å²) in [5.74, 6) is -2.13. The molecule has 1 aromatic heterocycles. The van der Waals surface area contributed by atoms with Crippen LogP contribution in [0.1, 0.15) is 61.1 Å². The van der Waals surface area contributed by atoms with Crippen molar-refractivity contribution in [2.45, 2.75) is 58.2 Å². The maximum atomic E-state index is 15.5. The number of anilines is 1. The lowest BCUT2D eigenvalue weighted by Crippen LogP contribution is -2.55. The maximum Gasteiger partial charge on any atom is 0.335 e. The number of benzene rings is 3. The van der Waals surface area contributed by atoms with Gasteiger partial charge in [0.05, 0.1) is 38.1 Å². The van der Waals surface area contributed by atoms with Crippen molar-refractivity contribution in [3.05, 3.63) is 88.7 Å². The first-order chi connectivity index (χ1) is 32.1. The van der Waals surface area contributed by atoms with Crippen LogP contribution < -0.4 is 30.7 Å². The average Bonchev–Trinajstić information content (AvgIpc) is 3.98. The number of β-amino-alcohol motifs (C(OH)–C–C–N with tert-alkyl or cyclic N) is 1. The minimum absolute atomic E-state index is 0.0470. The third-order valence-electron chi connectivity index (χ3n) is 10.8. The smallest absolute Gasteiger partial charge is 0.335 e. The summed E-state index contributed by atoms with van der Waals surface area (Å²) in [6.07, 6.45) is 2.32. The monoisotopic (exact) mass is 948 g/mol. The molecule has 0 aliphatic carbocycles. The summed E-state index contributed by atoms with van der Waals surface area (Å²) in [7, 11) is 0. The number of aliphatic hydroxyl groups is 1. The predicted octanol–water partition coefficient (Wildman–Crippen LogP) is 4.32. The van der Waals surface area contributed by atoms with E-state index in [0.29, 0.717) is 42.4 Å². The SMILES string of the molecule is CC(C)(C)[C@H](NC(=O)COCCOCC(=O)NCCOCCOc1cc2c(cc1Oc1ccc(-c3ccc(C(=O)O)cc3)c(F)c1)[C@@H](CC(=O)Nc1nccs1)NCC2)C(=O)N1CC[C@@H](O)C1. The number of nitrogens with zero attached hydrogens (tertiary/aromatic N) is 2. The van der Waals surface area contributed by atoms with Crippen molar-refractivity contribution in [3.63, 3.8) is 0 Å². The Kier molecular flexibility index (Phi) is 18.1. The van der Waals surface area contributed by atoms with Crippen molar-refractivity contribution in [1.82, 2.24) is 25.8 Å². The summed E-state index contributed by atoms with van der Waals surface area (Å²) in [6.45, 7) is 7.05. The van der Waals surface area contributed by atoms with E-state index in [1.165, 1.54) is 41.7 Å². The fourth-order valence-electron chi connectivity index (χ4n) is 7.43. The Balaban J connectivity index is 0.947. The second-order valence-corrected chi connectivity index (χ2v) is 17.9. The fourth-order valence-corrected chi connectivity index (χ4v) is 7.97. The van der Waals surface area contributed by atoms with Crippen LogP contribution in [0.15, 0.2) is 66.2 Å². The number of aromatic carboxylic acids is 1. The number of aliphatic hydroxyl groups excluding tert-OH is 1. The lowest BCUT2D eigenvalue weighted by atomic mass is 9.85. The fraction of sp³-hybridized carbons (Fsp3) is 0.447. The van der Waals surface area contributed by atoms with Crippen molar-refractivity contribution in [2.24, 2.45) is 5.41 Å².